The average molecular weight is 388 g/mol. The van der Waals surface area contributed by atoms with Crippen LogP contribution in [0.2, 0.25) is 0 Å². The molecule has 9 heteroatoms. The van der Waals surface area contributed by atoms with Crippen LogP contribution in [0, 0.1) is 6.92 Å². The third kappa shape index (κ3) is 4.44. The molecule has 0 saturated heterocycles. The van der Waals surface area contributed by atoms with Crippen LogP contribution in [0.3, 0.4) is 0 Å². The van der Waals surface area contributed by atoms with E-state index in [0.29, 0.717) is 11.4 Å². The van der Waals surface area contributed by atoms with Gasteiger partial charge in [-0.2, -0.15) is 0 Å². The fourth-order valence-electron chi connectivity index (χ4n) is 2.48. The van der Waals surface area contributed by atoms with E-state index >= 15 is 0 Å². The maximum absolute atomic E-state index is 12.2. The monoisotopic (exact) mass is 388 g/mol. The molecule has 0 fully saturated rings. The zero-order valence-corrected chi connectivity index (χ0v) is 15.8. The number of sulfonamides is 1. The summed E-state index contributed by atoms with van der Waals surface area (Å²) in [6.45, 7) is 2.15. The van der Waals surface area contributed by atoms with Crippen molar-refractivity contribution in [3.63, 3.8) is 0 Å². The minimum atomic E-state index is -3.65. The largest absolute Gasteiger partial charge is 0.497 e. The minimum Gasteiger partial charge on any atom is -0.497 e. The van der Waals surface area contributed by atoms with E-state index in [9.17, 15) is 13.2 Å². The molecule has 8 nitrogen and oxygen atoms in total. The van der Waals surface area contributed by atoms with Crippen LogP contribution in [0.1, 0.15) is 16.1 Å². The maximum Gasteiger partial charge on any atom is 0.271 e. The molecular weight excluding hydrogens is 368 g/mol. The molecule has 0 aliphatic rings. The first-order chi connectivity index (χ1) is 12.9. The fourth-order valence-corrected chi connectivity index (χ4v) is 3.52. The Labute approximate surface area is 157 Å². The van der Waals surface area contributed by atoms with Crippen LogP contribution < -0.4 is 14.8 Å². The zero-order chi connectivity index (χ0) is 19.4. The summed E-state index contributed by atoms with van der Waals surface area (Å²) in [4.78, 5) is 16.6. The van der Waals surface area contributed by atoms with Gasteiger partial charge in [0.2, 0.25) is 10.0 Å². The molecule has 0 saturated carbocycles. The van der Waals surface area contributed by atoms with E-state index in [1.165, 1.54) is 19.2 Å². The van der Waals surface area contributed by atoms with Gasteiger partial charge in [0.15, 0.2) is 0 Å². The number of carbonyl (C=O) groups is 1. The van der Waals surface area contributed by atoms with Gasteiger partial charge in [-0.3, -0.25) is 4.79 Å². The Morgan fingerprint density at radius 3 is 2.63 bits per heavy atom. The Balaban J connectivity index is 1.54. The number of aryl methyl sites for hydroxylation is 1. The van der Waals surface area contributed by atoms with E-state index in [1.807, 2.05) is 25.3 Å². The van der Waals surface area contributed by atoms with E-state index in [4.69, 9.17) is 4.74 Å². The predicted octanol–water partition coefficient (Wildman–Crippen LogP) is 1.36. The molecule has 0 aliphatic carbocycles. The summed E-state index contributed by atoms with van der Waals surface area (Å²) in [6, 6.07) is 9.85. The number of methoxy groups -OCH3 is 1. The lowest BCUT2D eigenvalue weighted by Crippen LogP contribution is -2.34. The highest BCUT2D eigenvalue weighted by Crippen LogP contribution is 2.15. The maximum atomic E-state index is 12.2. The highest BCUT2D eigenvalue weighted by molar-refractivity contribution is 7.89. The molecule has 0 bridgehead atoms. The van der Waals surface area contributed by atoms with Gasteiger partial charge in [-0.25, -0.2) is 18.1 Å². The number of nitrogens with one attached hydrogen (secondary N) is 2. The molecule has 3 aromatic rings. The molecule has 1 aromatic carbocycles. The van der Waals surface area contributed by atoms with Gasteiger partial charge in [-0.05, 0) is 48.9 Å². The third-order valence-electron chi connectivity index (χ3n) is 3.92. The van der Waals surface area contributed by atoms with Crippen LogP contribution in [0.5, 0.6) is 5.75 Å². The van der Waals surface area contributed by atoms with Crippen LogP contribution in [-0.4, -0.2) is 43.9 Å². The number of hydrogen-bond donors (Lipinski definition) is 2. The number of carbonyl (C=O) groups excluding carboxylic acids is 1. The zero-order valence-electron chi connectivity index (χ0n) is 15.0. The van der Waals surface area contributed by atoms with Gasteiger partial charge in [0.1, 0.15) is 17.1 Å². The SMILES string of the molecule is COc1ccc(S(=O)(=O)NCCNC(=O)c2cn3ccc(C)cc3n2)cc1. The molecule has 0 spiro atoms. The second kappa shape index (κ2) is 7.77. The number of amides is 1. The molecule has 1 amide bonds. The molecule has 0 radical (unpaired) electrons. The van der Waals surface area contributed by atoms with Crippen molar-refractivity contribution in [3.05, 3.63) is 60.0 Å². The number of imidazole rings is 1. The number of pyridine rings is 1. The molecule has 2 aromatic heterocycles. The van der Waals surface area contributed by atoms with Crippen molar-refractivity contribution in [2.45, 2.75) is 11.8 Å². The van der Waals surface area contributed by atoms with Crippen LogP contribution >= 0.6 is 0 Å². The van der Waals surface area contributed by atoms with Crippen molar-refractivity contribution in [1.82, 2.24) is 19.4 Å². The molecule has 2 N–H and O–H groups in total. The first kappa shape index (κ1) is 18.9. The lowest BCUT2D eigenvalue weighted by atomic mass is 10.3. The van der Waals surface area contributed by atoms with Gasteiger partial charge in [0.05, 0.1) is 12.0 Å². The lowest BCUT2D eigenvalue weighted by molar-refractivity contribution is 0.0950. The smallest absolute Gasteiger partial charge is 0.271 e. The van der Waals surface area contributed by atoms with Gasteiger partial charge in [0, 0.05) is 25.5 Å². The molecule has 2 heterocycles. The molecule has 142 valence electrons. The van der Waals surface area contributed by atoms with Gasteiger partial charge >= 0.3 is 0 Å². The Kier molecular flexibility index (Phi) is 5.43. The van der Waals surface area contributed by atoms with Crippen LogP contribution in [0.4, 0.5) is 0 Å². The van der Waals surface area contributed by atoms with Gasteiger partial charge in [0.25, 0.3) is 5.91 Å². The number of aromatic nitrogens is 2. The number of rotatable bonds is 7. The van der Waals surface area contributed by atoms with Gasteiger partial charge < -0.3 is 14.5 Å². The summed E-state index contributed by atoms with van der Waals surface area (Å²) >= 11 is 0. The first-order valence-electron chi connectivity index (χ1n) is 8.26. The van der Waals surface area contributed by atoms with Crippen LogP contribution in [0.15, 0.2) is 53.7 Å². The Bertz CT molecular complexity index is 1060. The van der Waals surface area contributed by atoms with E-state index < -0.39 is 10.0 Å². The molecule has 3 rings (SSSR count). The highest BCUT2D eigenvalue weighted by Gasteiger charge is 2.14. The lowest BCUT2D eigenvalue weighted by Gasteiger charge is -2.08. The number of fused-ring (bicyclic) bond motifs is 1. The summed E-state index contributed by atoms with van der Waals surface area (Å²) in [6.07, 6.45) is 3.46. The second-order valence-corrected chi connectivity index (χ2v) is 7.69. The molecule has 0 atom stereocenters. The molecule has 0 unspecified atom stereocenters. The molecular formula is C18H20N4O4S. The van der Waals surface area contributed by atoms with Crippen LogP contribution in [-0.2, 0) is 10.0 Å². The Morgan fingerprint density at radius 2 is 1.93 bits per heavy atom. The van der Waals surface area contributed by atoms with Crippen molar-refractivity contribution in [3.8, 4) is 5.75 Å². The van der Waals surface area contributed by atoms with Gasteiger partial charge in [-0.15, -0.1) is 0 Å². The summed E-state index contributed by atoms with van der Waals surface area (Å²) in [5, 5.41) is 2.66. The second-order valence-electron chi connectivity index (χ2n) is 5.92. The topological polar surface area (TPSA) is 102 Å². The van der Waals surface area contributed by atoms with Crippen molar-refractivity contribution in [2.24, 2.45) is 0 Å². The summed E-state index contributed by atoms with van der Waals surface area (Å²) in [5.74, 6) is 0.212. The number of benzene rings is 1. The van der Waals surface area contributed by atoms with E-state index in [0.717, 1.165) is 5.56 Å². The summed E-state index contributed by atoms with van der Waals surface area (Å²) < 4.78 is 33.6. The number of hydrogen-bond acceptors (Lipinski definition) is 5. The molecule has 0 aliphatic heterocycles. The highest BCUT2D eigenvalue weighted by atomic mass is 32.2. The number of nitrogens with zero attached hydrogens (tertiary/aromatic N) is 2. The third-order valence-corrected chi connectivity index (χ3v) is 5.40. The van der Waals surface area contributed by atoms with E-state index in [1.54, 1.807) is 22.7 Å². The van der Waals surface area contributed by atoms with Crippen molar-refractivity contribution < 1.29 is 17.9 Å². The first-order valence-corrected chi connectivity index (χ1v) is 9.74. The van der Waals surface area contributed by atoms with Gasteiger partial charge in [-0.1, -0.05) is 0 Å². The number of ether oxygens (including phenoxy) is 1. The summed E-state index contributed by atoms with van der Waals surface area (Å²) in [5.41, 5.74) is 2.01. The quantitative estimate of drug-likeness (QED) is 0.595. The molecule has 27 heavy (non-hydrogen) atoms. The average Bonchev–Trinajstić information content (AvgIpc) is 3.08. The van der Waals surface area contributed by atoms with Crippen molar-refractivity contribution >= 4 is 21.6 Å². The normalized spacial score (nSPS) is 11.5. The van der Waals surface area contributed by atoms with Crippen molar-refractivity contribution in [1.29, 1.82) is 0 Å². The van der Waals surface area contributed by atoms with E-state index in [-0.39, 0.29) is 29.6 Å². The van der Waals surface area contributed by atoms with Crippen LogP contribution in [0.25, 0.3) is 5.65 Å². The van der Waals surface area contributed by atoms with E-state index in [2.05, 4.69) is 15.0 Å². The Hall–Kier alpha value is -2.91. The standard InChI is InChI=1S/C18H20N4O4S/c1-13-7-10-22-12-16(21-17(22)11-13)18(23)19-8-9-20-27(24,25)15-5-3-14(26-2)4-6-15/h3-7,10-12,20H,8-9H2,1-2H3,(H,19,23). The minimum absolute atomic E-state index is 0.0621. The fraction of sp³-hybridized carbons (Fsp3) is 0.222. The predicted molar refractivity (Wildman–Crippen MR) is 100 cm³/mol. The Morgan fingerprint density at radius 1 is 1.19 bits per heavy atom. The summed E-state index contributed by atoms with van der Waals surface area (Å²) in [7, 11) is -2.14. The van der Waals surface area contributed by atoms with Crippen molar-refractivity contribution in [2.75, 3.05) is 20.2 Å².